The highest BCUT2D eigenvalue weighted by Gasteiger charge is 2.40. The molecule has 86 valence electrons. The molecule has 3 nitrogen and oxygen atoms in total. The Kier molecular flexibility index (Phi) is 2.86. The molecule has 0 aromatic carbocycles. The molecule has 0 bridgehead atoms. The van der Waals surface area contributed by atoms with Gasteiger partial charge in [-0.05, 0) is 53.2 Å². The molecule has 4 heteroatoms. The van der Waals surface area contributed by atoms with Crippen molar-refractivity contribution >= 4 is 21.7 Å². The van der Waals surface area contributed by atoms with Gasteiger partial charge in [-0.15, -0.1) is 0 Å². The van der Waals surface area contributed by atoms with Crippen molar-refractivity contribution in [2.75, 3.05) is 11.9 Å². The van der Waals surface area contributed by atoms with E-state index in [0.29, 0.717) is 12.1 Å². The first-order valence-electron chi connectivity index (χ1n) is 5.83. The molecule has 2 atom stereocenters. The van der Waals surface area contributed by atoms with Crippen LogP contribution in [0.3, 0.4) is 0 Å². The van der Waals surface area contributed by atoms with E-state index in [4.69, 9.17) is 4.74 Å². The lowest BCUT2D eigenvalue weighted by Gasteiger charge is -2.20. The van der Waals surface area contributed by atoms with E-state index in [0.717, 1.165) is 29.2 Å². The van der Waals surface area contributed by atoms with E-state index >= 15 is 0 Å². The van der Waals surface area contributed by atoms with Gasteiger partial charge in [0.05, 0.1) is 16.6 Å². The van der Waals surface area contributed by atoms with Crippen LogP contribution in [0.5, 0.6) is 0 Å². The molecule has 16 heavy (non-hydrogen) atoms. The van der Waals surface area contributed by atoms with E-state index in [1.54, 1.807) is 0 Å². The molecule has 1 aromatic heterocycles. The van der Waals surface area contributed by atoms with Crippen LogP contribution in [0.4, 0.5) is 5.82 Å². The Morgan fingerprint density at radius 3 is 3.00 bits per heavy atom. The first-order valence-corrected chi connectivity index (χ1v) is 6.62. The summed E-state index contributed by atoms with van der Waals surface area (Å²) in [6.45, 7) is 0.878. The monoisotopic (exact) mass is 282 g/mol. The number of anilines is 1. The standard InChI is InChI=1S/C12H15BrN2O/c13-9-2-1-6-14-12(9)15-10-5-7-16-11(10)8-3-4-8/h1-2,6,8,10-11H,3-5,7H2,(H,14,15). The molecule has 1 N–H and O–H groups in total. The molecule has 1 saturated heterocycles. The zero-order chi connectivity index (χ0) is 11.0. The van der Waals surface area contributed by atoms with Gasteiger partial charge in [0.15, 0.2) is 0 Å². The Morgan fingerprint density at radius 1 is 1.38 bits per heavy atom. The number of nitrogens with one attached hydrogen (secondary N) is 1. The van der Waals surface area contributed by atoms with Gasteiger partial charge in [-0.1, -0.05) is 0 Å². The molecule has 0 radical (unpaired) electrons. The van der Waals surface area contributed by atoms with E-state index < -0.39 is 0 Å². The molecule has 2 unspecified atom stereocenters. The Morgan fingerprint density at radius 2 is 2.25 bits per heavy atom. The maximum absolute atomic E-state index is 5.80. The number of rotatable bonds is 3. The highest BCUT2D eigenvalue weighted by molar-refractivity contribution is 9.10. The second kappa shape index (κ2) is 4.34. The molecule has 3 rings (SSSR count). The average Bonchev–Trinajstić information content (AvgIpc) is 3.03. The van der Waals surface area contributed by atoms with Gasteiger partial charge in [-0.2, -0.15) is 0 Å². The fourth-order valence-electron chi connectivity index (χ4n) is 2.32. The van der Waals surface area contributed by atoms with Gasteiger partial charge in [-0.3, -0.25) is 0 Å². The highest BCUT2D eigenvalue weighted by Crippen LogP contribution is 2.39. The summed E-state index contributed by atoms with van der Waals surface area (Å²) in [5.41, 5.74) is 0. The summed E-state index contributed by atoms with van der Waals surface area (Å²) in [5, 5.41) is 3.50. The van der Waals surface area contributed by atoms with Crippen LogP contribution in [-0.4, -0.2) is 23.7 Å². The third-order valence-electron chi connectivity index (χ3n) is 3.30. The van der Waals surface area contributed by atoms with Crippen LogP contribution < -0.4 is 5.32 Å². The summed E-state index contributed by atoms with van der Waals surface area (Å²) in [6.07, 6.45) is 5.95. The van der Waals surface area contributed by atoms with Crippen LogP contribution in [-0.2, 0) is 4.74 Å². The SMILES string of the molecule is Brc1cccnc1NC1CCOC1C1CC1. The lowest BCUT2D eigenvalue weighted by Crippen LogP contribution is -2.31. The second-order valence-electron chi connectivity index (χ2n) is 4.55. The Bertz CT molecular complexity index is 381. The second-order valence-corrected chi connectivity index (χ2v) is 5.40. The predicted octanol–water partition coefficient (Wildman–Crippen LogP) is 2.82. The Balaban J connectivity index is 1.71. The van der Waals surface area contributed by atoms with Crippen LogP contribution in [0, 0.1) is 5.92 Å². The van der Waals surface area contributed by atoms with Crippen LogP contribution in [0.15, 0.2) is 22.8 Å². The zero-order valence-corrected chi connectivity index (χ0v) is 10.6. The van der Waals surface area contributed by atoms with Gasteiger partial charge in [0.2, 0.25) is 0 Å². The van der Waals surface area contributed by atoms with E-state index in [-0.39, 0.29) is 0 Å². The fraction of sp³-hybridized carbons (Fsp3) is 0.583. The topological polar surface area (TPSA) is 34.2 Å². The zero-order valence-electron chi connectivity index (χ0n) is 9.03. The molecular weight excluding hydrogens is 268 g/mol. The lowest BCUT2D eigenvalue weighted by atomic mass is 10.1. The number of halogens is 1. The van der Waals surface area contributed by atoms with Crippen molar-refractivity contribution in [1.29, 1.82) is 0 Å². The Labute approximate surface area is 104 Å². The molecule has 2 aliphatic rings. The molecular formula is C12H15BrN2O. The summed E-state index contributed by atoms with van der Waals surface area (Å²) < 4.78 is 6.82. The number of hydrogen-bond donors (Lipinski definition) is 1. The minimum atomic E-state index is 0.397. The largest absolute Gasteiger partial charge is 0.376 e. The maximum Gasteiger partial charge on any atom is 0.140 e. The number of ether oxygens (including phenoxy) is 1. The smallest absolute Gasteiger partial charge is 0.140 e. The van der Waals surface area contributed by atoms with E-state index in [2.05, 4.69) is 26.2 Å². The van der Waals surface area contributed by atoms with Gasteiger partial charge >= 0.3 is 0 Å². The van der Waals surface area contributed by atoms with Crippen LogP contribution >= 0.6 is 15.9 Å². The van der Waals surface area contributed by atoms with Crippen LogP contribution in [0.25, 0.3) is 0 Å². The minimum absolute atomic E-state index is 0.397. The van der Waals surface area contributed by atoms with E-state index in [9.17, 15) is 0 Å². The van der Waals surface area contributed by atoms with Gasteiger partial charge in [-0.25, -0.2) is 4.98 Å². The third-order valence-corrected chi connectivity index (χ3v) is 3.94. The molecule has 1 aliphatic carbocycles. The van der Waals surface area contributed by atoms with Gasteiger partial charge in [0.1, 0.15) is 5.82 Å². The van der Waals surface area contributed by atoms with E-state index in [1.807, 2.05) is 18.3 Å². The van der Waals surface area contributed by atoms with Crippen molar-refractivity contribution < 1.29 is 4.74 Å². The van der Waals surface area contributed by atoms with Crippen LogP contribution in [0.1, 0.15) is 19.3 Å². The van der Waals surface area contributed by atoms with Crippen LogP contribution in [0.2, 0.25) is 0 Å². The van der Waals surface area contributed by atoms with Crippen molar-refractivity contribution in [3.63, 3.8) is 0 Å². The van der Waals surface area contributed by atoms with Crippen molar-refractivity contribution in [3.8, 4) is 0 Å². The number of hydrogen-bond acceptors (Lipinski definition) is 3. The van der Waals surface area contributed by atoms with E-state index in [1.165, 1.54) is 12.8 Å². The quantitative estimate of drug-likeness (QED) is 0.926. The summed E-state index contributed by atoms with van der Waals surface area (Å²) in [6, 6.07) is 4.37. The van der Waals surface area contributed by atoms with Crippen molar-refractivity contribution in [2.45, 2.75) is 31.4 Å². The molecule has 2 heterocycles. The molecule has 0 spiro atoms. The summed E-state index contributed by atoms with van der Waals surface area (Å²) in [4.78, 5) is 4.34. The van der Waals surface area contributed by atoms with Gasteiger partial charge < -0.3 is 10.1 Å². The lowest BCUT2D eigenvalue weighted by molar-refractivity contribution is 0.0898. The minimum Gasteiger partial charge on any atom is -0.376 e. The molecule has 2 fully saturated rings. The normalized spacial score (nSPS) is 29.3. The summed E-state index contributed by atoms with van der Waals surface area (Å²) in [7, 11) is 0. The molecule has 1 aromatic rings. The van der Waals surface area contributed by atoms with Gasteiger partial charge in [0, 0.05) is 12.8 Å². The third kappa shape index (κ3) is 2.09. The number of aromatic nitrogens is 1. The maximum atomic E-state index is 5.80. The molecule has 1 aliphatic heterocycles. The van der Waals surface area contributed by atoms with Crippen molar-refractivity contribution in [2.24, 2.45) is 5.92 Å². The average molecular weight is 283 g/mol. The Hall–Kier alpha value is -0.610. The fourth-order valence-corrected chi connectivity index (χ4v) is 2.69. The predicted molar refractivity (Wildman–Crippen MR) is 66.4 cm³/mol. The van der Waals surface area contributed by atoms with Crippen molar-refractivity contribution in [1.82, 2.24) is 4.98 Å². The molecule has 1 saturated carbocycles. The highest BCUT2D eigenvalue weighted by atomic mass is 79.9. The number of nitrogens with zero attached hydrogens (tertiary/aromatic N) is 1. The summed E-state index contributed by atoms with van der Waals surface area (Å²) >= 11 is 3.51. The summed E-state index contributed by atoms with van der Waals surface area (Å²) in [5.74, 6) is 1.71. The number of pyridine rings is 1. The first-order chi connectivity index (χ1) is 7.84. The first kappa shape index (κ1) is 10.5. The van der Waals surface area contributed by atoms with Gasteiger partial charge in [0.25, 0.3) is 0 Å². The van der Waals surface area contributed by atoms with Crippen molar-refractivity contribution in [3.05, 3.63) is 22.8 Å². The molecule has 0 amide bonds.